The van der Waals surface area contributed by atoms with Gasteiger partial charge in [0.2, 0.25) is 0 Å². The van der Waals surface area contributed by atoms with Crippen LogP contribution in [0, 0.1) is 13.8 Å². The van der Waals surface area contributed by atoms with Crippen LogP contribution >= 0.6 is 11.3 Å². The standard InChI is InChI=1S/C17H24N4S/c1-12-6-5-9-19-16(12)11-20-17(18-4)21-13(2)10-15-8-7-14(3)22-15/h5-9,13H,10-11H2,1-4H3,(H2,18,20,21). The van der Waals surface area contributed by atoms with E-state index in [4.69, 9.17) is 0 Å². The summed E-state index contributed by atoms with van der Waals surface area (Å²) in [6.07, 6.45) is 2.82. The number of nitrogens with one attached hydrogen (secondary N) is 2. The Kier molecular flexibility index (Phi) is 5.95. The minimum Gasteiger partial charge on any atom is -0.354 e. The first-order chi connectivity index (χ1) is 10.6. The quantitative estimate of drug-likeness (QED) is 0.658. The highest BCUT2D eigenvalue weighted by Gasteiger charge is 2.08. The molecule has 0 aliphatic carbocycles. The van der Waals surface area contributed by atoms with Gasteiger partial charge in [0, 0.05) is 35.5 Å². The van der Waals surface area contributed by atoms with Crippen LogP contribution in [0.2, 0.25) is 0 Å². The summed E-state index contributed by atoms with van der Waals surface area (Å²) in [5, 5.41) is 6.76. The number of guanidine groups is 1. The van der Waals surface area contributed by atoms with Crippen LogP contribution in [0.15, 0.2) is 35.5 Å². The molecule has 2 aromatic heterocycles. The summed E-state index contributed by atoms with van der Waals surface area (Å²) < 4.78 is 0. The van der Waals surface area contributed by atoms with Crippen molar-refractivity contribution in [3.05, 3.63) is 51.5 Å². The Morgan fingerprint density at radius 1 is 1.32 bits per heavy atom. The van der Waals surface area contributed by atoms with Crippen LogP contribution in [0.5, 0.6) is 0 Å². The monoisotopic (exact) mass is 316 g/mol. The summed E-state index contributed by atoms with van der Waals surface area (Å²) in [5.74, 6) is 0.811. The van der Waals surface area contributed by atoms with Crippen molar-refractivity contribution in [2.45, 2.75) is 39.8 Å². The van der Waals surface area contributed by atoms with Crippen molar-refractivity contribution >= 4 is 17.3 Å². The van der Waals surface area contributed by atoms with Gasteiger partial charge >= 0.3 is 0 Å². The van der Waals surface area contributed by atoms with Gasteiger partial charge in [-0.2, -0.15) is 0 Å². The van der Waals surface area contributed by atoms with E-state index in [1.54, 1.807) is 7.05 Å². The molecule has 0 aliphatic rings. The number of hydrogen-bond donors (Lipinski definition) is 2. The highest BCUT2D eigenvalue weighted by Crippen LogP contribution is 2.16. The third-order valence-corrected chi connectivity index (χ3v) is 4.47. The van der Waals surface area contributed by atoms with E-state index in [1.165, 1.54) is 15.3 Å². The van der Waals surface area contributed by atoms with E-state index < -0.39 is 0 Å². The topological polar surface area (TPSA) is 49.3 Å². The molecule has 0 saturated carbocycles. The zero-order valence-corrected chi connectivity index (χ0v) is 14.5. The molecule has 0 amide bonds. The van der Waals surface area contributed by atoms with Gasteiger partial charge in [-0.15, -0.1) is 11.3 Å². The Hall–Kier alpha value is -1.88. The number of aromatic nitrogens is 1. The van der Waals surface area contributed by atoms with Gasteiger partial charge in [0.1, 0.15) is 0 Å². The van der Waals surface area contributed by atoms with Gasteiger partial charge in [-0.3, -0.25) is 9.98 Å². The second kappa shape index (κ2) is 7.94. The molecular weight excluding hydrogens is 292 g/mol. The summed E-state index contributed by atoms with van der Waals surface area (Å²) in [6, 6.07) is 8.72. The summed E-state index contributed by atoms with van der Waals surface area (Å²) >= 11 is 1.85. The normalized spacial score (nSPS) is 13.0. The van der Waals surface area contributed by atoms with Crippen LogP contribution < -0.4 is 10.6 Å². The average Bonchev–Trinajstić information content (AvgIpc) is 2.90. The number of pyridine rings is 1. The second-order valence-electron chi connectivity index (χ2n) is 5.45. The van der Waals surface area contributed by atoms with E-state index >= 15 is 0 Å². The van der Waals surface area contributed by atoms with Crippen LogP contribution in [0.25, 0.3) is 0 Å². The Bertz CT molecular complexity index is 633. The lowest BCUT2D eigenvalue weighted by molar-refractivity contribution is 0.643. The molecule has 5 heteroatoms. The van der Waals surface area contributed by atoms with Crippen LogP contribution in [0.3, 0.4) is 0 Å². The Balaban J connectivity index is 1.85. The van der Waals surface area contributed by atoms with Gasteiger partial charge in [0.15, 0.2) is 5.96 Å². The number of rotatable bonds is 5. The first-order valence-corrected chi connectivity index (χ1v) is 8.33. The SMILES string of the molecule is CN=C(NCc1ncccc1C)NC(C)Cc1ccc(C)s1. The Morgan fingerprint density at radius 2 is 2.14 bits per heavy atom. The molecule has 1 atom stereocenters. The minimum absolute atomic E-state index is 0.328. The molecule has 0 fully saturated rings. The van der Waals surface area contributed by atoms with Gasteiger partial charge in [-0.25, -0.2) is 0 Å². The lowest BCUT2D eigenvalue weighted by atomic mass is 10.2. The fourth-order valence-corrected chi connectivity index (χ4v) is 3.27. The van der Waals surface area contributed by atoms with E-state index in [0.717, 1.165) is 18.1 Å². The molecule has 2 rings (SSSR count). The fraction of sp³-hybridized carbons (Fsp3) is 0.412. The van der Waals surface area contributed by atoms with E-state index in [0.29, 0.717) is 12.6 Å². The molecule has 118 valence electrons. The minimum atomic E-state index is 0.328. The predicted octanol–water partition coefficient (Wildman–Crippen LogP) is 3.06. The Labute approximate surface area is 136 Å². The van der Waals surface area contributed by atoms with Gasteiger partial charge in [0.05, 0.1) is 12.2 Å². The Morgan fingerprint density at radius 3 is 2.77 bits per heavy atom. The predicted molar refractivity (Wildman–Crippen MR) is 94.5 cm³/mol. The molecule has 22 heavy (non-hydrogen) atoms. The zero-order chi connectivity index (χ0) is 15.9. The molecule has 0 spiro atoms. The number of aryl methyl sites for hydroxylation is 2. The van der Waals surface area contributed by atoms with E-state index in [9.17, 15) is 0 Å². The second-order valence-corrected chi connectivity index (χ2v) is 6.83. The molecule has 2 N–H and O–H groups in total. The van der Waals surface area contributed by atoms with Crippen molar-refractivity contribution in [2.75, 3.05) is 7.05 Å². The fourth-order valence-electron chi connectivity index (χ4n) is 2.25. The van der Waals surface area contributed by atoms with Crippen LogP contribution in [0.1, 0.15) is 27.9 Å². The molecule has 0 saturated heterocycles. The number of nitrogens with zero attached hydrogens (tertiary/aromatic N) is 2. The van der Waals surface area contributed by atoms with Gasteiger partial charge in [-0.1, -0.05) is 6.07 Å². The lowest BCUT2D eigenvalue weighted by Gasteiger charge is -2.17. The largest absolute Gasteiger partial charge is 0.354 e. The molecule has 2 heterocycles. The zero-order valence-electron chi connectivity index (χ0n) is 13.7. The maximum Gasteiger partial charge on any atom is 0.191 e. The number of hydrogen-bond acceptors (Lipinski definition) is 3. The van der Waals surface area contributed by atoms with Crippen molar-refractivity contribution in [3.63, 3.8) is 0 Å². The van der Waals surface area contributed by atoms with Crippen molar-refractivity contribution in [1.29, 1.82) is 0 Å². The van der Waals surface area contributed by atoms with Crippen molar-refractivity contribution in [3.8, 4) is 0 Å². The molecular formula is C17H24N4S. The first-order valence-electron chi connectivity index (χ1n) is 7.51. The first kappa shape index (κ1) is 16.5. The highest BCUT2D eigenvalue weighted by molar-refractivity contribution is 7.11. The van der Waals surface area contributed by atoms with Gasteiger partial charge in [-0.05, 0) is 44.5 Å². The smallest absolute Gasteiger partial charge is 0.191 e. The number of thiophene rings is 1. The van der Waals surface area contributed by atoms with Crippen molar-refractivity contribution in [1.82, 2.24) is 15.6 Å². The van der Waals surface area contributed by atoms with Crippen LogP contribution in [-0.2, 0) is 13.0 Å². The lowest BCUT2D eigenvalue weighted by Crippen LogP contribution is -2.42. The molecule has 2 aromatic rings. The molecule has 0 aromatic carbocycles. The van der Waals surface area contributed by atoms with E-state index in [1.807, 2.05) is 23.6 Å². The molecule has 0 radical (unpaired) electrons. The van der Waals surface area contributed by atoms with Gasteiger partial charge in [0.25, 0.3) is 0 Å². The molecule has 0 bridgehead atoms. The molecule has 0 aliphatic heterocycles. The van der Waals surface area contributed by atoms with Crippen LogP contribution in [-0.4, -0.2) is 24.0 Å². The van der Waals surface area contributed by atoms with Crippen LogP contribution in [0.4, 0.5) is 0 Å². The third kappa shape index (κ3) is 4.84. The maximum absolute atomic E-state index is 4.39. The van der Waals surface area contributed by atoms with Gasteiger partial charge < -0.3 is 10.6 Å². The van der Waals surface area contributed by atoms with E-state index in [2.05, 4.69) is 59.6 Å². The summed E-state index contributed by atoms with van der Waals surface area (Å²) in [4.78, 5) is 11.4. The maximum atomic E-state index is 4.39. The summed E-state index contributed by atoms with van der Waals surface area (Å²) in [6.45, 7) is 7.06. The molecule has 1 unspecified atom stereocenters. The van der Waals surface area contributed by atoms with E-state index in [-0.39, 0.29) is 0 Å². The van der Waals surface area contributed by atoms with Crippen molar-refractivity contribution < 1.29 is 0 Å². The highest BCUT2D eigenvalue weighted by atomic mass is 32.1. The summed E-state index contributed by atoms with van der Waals surface area (Å²) in [5.41, 5.74) is 2.24. The third-order valence-electron chi connectivity index (χ3n) is 3.45. The summed E-state index contributed by atoms with van der Waals surface area (Å²) in [7, 11) is 1.79. The average molecular weight is 316 g/mol. The number of aliphatic imine (C=N–C) groups is 1. The molecule has 4 nitrogen and oxygen atoms in total. The van der Waals surface area contributed by atoms with Crippen molar-refractivity contribution in [2.24, 2.45) is 4.99 Å².